The van der Waals surface area contributed by atoms with Crippen LogP contribution in [0.2, 0.25) is 0 Å². The number of hydrogen-bond acceptors (Lipinski definition) is 4. The highest BCUT2D eigenvalue weighted by Crippen LogP contribution is 2.35. The normalized spacial score (nSPS) is 11.2. The van der Waals surface area contributed by atoms with Crippen LogP contribution in [0.1, 0.15) is 18.1 Å². The standard InChI is InChI=1S/C19H23NO3/c1-3-23-19(16-10-6-4-7-11-16,17-12-8-5-9-13-17)18(21)22-15-14-20-2/h4-13,20H,3,14-15H2,1-2H3. The first-order valence-corrected chi connectivity index (χ1v) is 7.82. The summed E-state index contributed by atoms with van der Waals surface area (Å²) >= 11 is 0. The molecule has 0 saturated carbocycles. The van der Waals surface area contributed by atoms with Crippen LogP contribution in [-0.4, -0.2) is 32.8 Å². The Labute approximate surface area is 137 Å². The van der Waals surface area contributed by atoms with Crippen molar-refractivity contribution in [3.8, 4) is 0 Å². The number of benzene rings is 2. The van der Waals surface area contributed by atoms with Gasteiger partial charge in [0, 0.05) is 13.2 Å². The molecule has 0 aromatic heterocycles. The van der Waals surface area contributed by atoms with Gasteiger partial charge in [-0.2, -0.15) is 0 Å². The van der Waals surface area contributed by atoms with E-state index in [2.05, 4.69) is 5.32 Å². The molecule has 0 aliphatic heterocycles. The first-order chi connectivity index (χ1) is 11.3. The Morgan fingerprint density at radius 3 is 1.96 bits per heavy atom. The van der Waals surface area contributed by atoms with Crippen molar-refractivity contribution in [2.45, 2.75) is 12.5 Å². The van der Waals surface area contributed by atoms with Crippen LogP contribution < -0.4 is 5.32 Å². The minimum Gasteiger partial charge on any atom is -0.462 e. The number of likely N-dealkylation sites (N-methyl/N-ethyl adjacent to an activating group) is 1. The van der Waals surface area contributed by atoms with Gasteiger partial charge >= 0.3 is 5.97 Å². The lowest BCUT2D eigenvalue weighted by Gasteiger charge is -2.32. The van der Waals surface area contributed by atoms with Crippen molar-refractivity contribution < 1.29 is 14.3 Å². The van der Waals surface area contributed by atoms with Crippen LogP contribution >= 0.6 is 0 Å². The summed E-state index contributed by atoms with van der Waals surface area (Å²) in [7, 11) is 1.82. The number of hydrogen-bond donors (Lipinski definition) is 1. The van der Waals surface area contributed by atoms with Gasteiger partial charge in [-0.3, -0.25) is 0 Å². The molecule has 0 bridgehead atoms. The third kappa shape index (κ3) is 3.78. The number of carbonyl (C=O) groups is 1. The van der Waals surface area contributed by atoms with E-state index in [4.69, 9.17) is 9.47 Å². The van der Waals surface area contributed by atoms with Gasteiger partial charge in [-0.15, -0.1) is 0 Å². The maximum absolute atomic E-state index is 13.0. The Balaban J connectivity index is 2.49. The van der Waals surface area contributed by atoms with Crippen molar-refractivity contribution in [3.05, 3.63) is 71.8 Å². The van der Waals surface area contributed by atoms with Crippen molar-refractivity contribution in [1.82, 2.24) is 5.32 Å². The highest BCUT2D eigenvalue weighted by molar-refractivity contribution is 5.85. The molecule has 0 saturated heterocycles. The number of esters is 1. The second-order valence-corrected chi connectivity index (χ2v) is 5.09. The molecule has 0 aliphatic carbocycles. The van der Waals surface area contributed by atoms with Gasteiger partial charge in [-0.25, -0.2) is 4.79 Å². The highest BCUT2D eigenvalue weighted by atomic mass is 16.6. The molecule has 0 aliphatic rings. The summed E-state index contributed by atoms with van der Waals surface area (Å²) in [6.07, 6.45) is 0. The van der Waals surface area contributed by atoms with Gasteiger partial charge in [0.05, 0.1) is 0 Å². The first kappa shape index (κ1) is 17.2. The summed E-state index contributed by atoms with van der Waals surface area (Å²) < 4.78 is 11.5. The average molecular weight is 313 g/mol. The fourth-order valence-corrected chi connectivity index (χ4v) is 2.54. The summed E-state index contributed by atoms with van der Waals surface area (Å²) in [6, 6.07) is 19.0. The summed E-state index contributed by atoms with van der Waals surface area (Å²) in [5.74, 6) is -0.396. The van der Waals surface area contributed by atoms with Gasteiger partial charge in [0.1, 0.15) is 6.61 Å². The zero-order chi connectivity index (χ0) is 16.5. The van der Waals surface area contributed by atoms with Gasteiger partial charge in [0.15, 0.2) is 0 Å². The Morgan fingerprint density at radius 1 is 1.00 bits per heavy atom. The van der Waals surface area contributed by atoms with Crippen LogP contribution in [0.4, 0.5) is 0 Å². The van der Waals surface area contributed by atoms with Crippen molar-refractivity contribution in [2.24, 2.45) is 0 Å². The van der Waals surface area contributed by atoms with E-state index in [1.807, 2.05) is 74.6 Å². The molecule has 2 aromatic rings. The van der Waals surface area contributed by atoms with E-state index < -0.39 is 11.6 Å². The molecule has 1 N–H and O–H groups in total. The van der Waals surface area contributed by atoms with Crippen LogP contribution in [0.3, 0.4) is 0 Å². The summed E-state index contributed by atoms with van der Waals surface area (Å²) in [4.78, 5) is 13.0. The van der Waals surface area contributed by atoms with Crippen molar-refractivity contribution in [3.63, 3.8) is 0 Å². The fourth-order valence-electron chi connectivity index (χ4n) is 2.54. The molecular weight excluding hydrogens is 290 g/mol. The van der Waals surface area contributed by atoms with Crippen LogP contribution in [-0.2, 0) is 19.9 Å². The minimum absolute atomic E-state index is 0.295. The average Bonchev–Trinajstić information content (AvgIpc) is 2.61. The van der Waals surface area contributed by atoms with E-state index in [1.54, 1.807) is 0 Å². The lowest BCUT2D eigenvalue weighted by atomic mass is 9.86. The molecule has 0 atom stereocenters. The third-order valence-electron chi connectivity index (χ3n) is 3.59. The van der Waals surface area contributed by atoms with Crippen LogP contribution in [0.25, 0.3) is 0 Å². The lowest BCUT2D eigenvalue weighted by molar-refractivity contribution is -0.168. The zero-order valence-electron chi connectivity index (χ0n) is 13.6. The predicted molar refractivity (Wildman–Crippen MR) is 90.2 cm³/mol. The molecule has 0 heterocycles. The molecule has 4 nitrogen and oxygen atoms in total. The Hall–Kier alpha value is -2.17. The molecule has 0 radical (unpaired) electrons. The van der Waals surface area contributed by atoms with E-state index in [1.165, 1.54) is 0 Å². The van der Waals surface area contributed by atoms with Gasteiger partial charge in [0.2, 0.25) is 5.60 Å². The van der Waals surface area contributed by atoms with E-state index in [0.717, 1.165) is 11.1 Å². The fraction of sp³-hybridized carbons (Fsp3) is 0.316. The van der Waals surface area contributed by atoms with Gasteiger partial charge in [0.25, 0.3) is 0 Å². The maximum Gasteiger partial charge on any atom is 0.347 e. The second-order valence-electron chi connectivity index (χ2n) is 5.09. The number of carbonyl (C=O) groups excluding carboxylic acids is 1. The van der Waals surface area contributed by atoms with Crippen LogP contribution in [0, 0.1) is 0 Å². The predicted octanol–water partition coefficient (Wildman–Crippen LogP) is 2.73. The molecule has 23 heavy (non-hydrogen) atoms. The Morgan fingerprint density at radius 2 is 1.52 bits per heavy atom. The Kier molecular flexibility index (Phi) is 6.32. The molecule has 0 fully saturated rings. The molecule has 2 rings (SSSR count). The van der Waals surface area contributed by atoms with Crippen molar-refractivity contribution in [2.75, 3.05) is 26.8 Å². The second kappa shape index (κ2) is 8.46. The van der Waals surface area contributed by atoms with E-state index >= 15 is 0 Å². The lowest BCUT2D eigenvalue weighted by Crippen LogP contribution is -2.42. The molecule has 2 aromatic carbocycles. The monoisotopic (exact) mass is 313 g/mol. The summed E-state index contributed by atoms with van der Waals surface area (Å²) in [5.41, 5.74) is 0.287. The molecule has 0 unspecified atom stereocenters. The van der Waals surface area contributed by atoms with E-state index in [0.29, 0.717) is 19.8 Å². The van der Waals surface area contributed by atoms with Gasteiger partial charge < -0.3 is 14.8 Å². The van der Waals surface area contributed by atoms with Crippen LogP contribution in [0.5, 0.6) is 0 Å². The third-order valence-corrected chi connectivity index (χ3v) is 3.59. The topological polar surface area (TPSA) is 47.6 Å². The van der Waals surface area contributed by atoms with E-state index in [9.17, 15) is 4.79 Å². The first-order valence-electron chi connectivity index (χ1n) is 7.82. The largest absolute Gasteiger partial charge is 0.462 e. The maximum atomic E-state index is 13.0. The molecule has 0 amide bonds. The Bertz CT molecular complexity index is 559. The number of ether oxygens (including phenoxy) is 2. The smallest absolute Gasteiger partial charge is 0.347 e. The molecule has 122 valence electrons. The van der Waals surface area contributed by atoms with Crippen molar-refractivity contribution >= 4 is 5.97 Å². The van der Waals surface area contributed by atoms with Gasteiger partial charge in [-0.05, 0) is 25.1 Å². The van der Waals surface area contributed by atoms with Crippen LogP contribution in [0.15, 0.2) is 60.7 Å². The summed E-state index contributed by atoms with van der Waals surface area (Å²) in [5, 5.41) is 2.97. The van der Waals surface area contributed by atoms with E-state index in [-0.39, 0.29) is 0 Å². The molecule has 4 heteroatoms. The minimum atomic E-state index is -1.25. The molecule has 0 spiro atoms. The summed E-state index contributed by atoms with van der Waals surface area (Å²) in [6.45, 7) is 3.16. The highest BCUT2D eigenvalue weighted by Gasteiger charge is 2.44. The van der Waals surface area contributed by atoms with Crippen molar-refractivity contribution in [1.29, 1.82) is 0 Å². The SMILES string of the molecule is CCOC(C(=O)OCCNC)(c1ccccc1)c1ccccc1. The number of rotatable bonds is 8. The number of nitrogens with one attached hydrogen (secondary N) is 1. The molecular formula is C19H23NO3. The quantitative estimate of drug-likeness (QED) is 0.601. The zero-order valence-corrected chi connectivity index (χ0v) is 13.6. The van der Waals surface area contributed by atoms with Gasteiger partial charge in [-0.1, -0.05) is 60.7 Å².